The summed E-state index contributed by atoms with van der Waals surface area (Å²) in [6.07, 6.45) is 0. The van der Waals surface area contributed by atoms with Gasteiger partial charge in [0.1, 0.15) is 4.90 Å². The number of sulfonamides is 1. The molecule has 0 radical (unpaired) electrons. The number of benzene rings is 1. The molecule has 1 rings (SSSR count). The van der Waals surface area contributed by atoms with Gasteiger partial charge in [0.25, 0.3) is 0 Å². The summed E-state index contributed by atoms with van der Waals surface area (Å²) in [5, 5.41) is 17.4. The first-order valence-electron chi connectivity index (χ1n) is 5.58. The number of ether oxygens (including phenoxy) is 1. The van der Waals surface area contributed by atoms with E-state index in [4.69, 9.17) is 38.2 Å². The van der Waals surface area contributed by atoms with Crippen LogP contribution >= 0.6 is 23.2 Å². The molecular weight excluding hydrogens is 345 g/mol. The van der Waals surface area contributed by atoms with E-state index >= 15 is 0 Å². The molecule has 0 fully saturated rings. The highest BCUT2D eigenvalue weighted by molar-refractivity contribution is 7.89. The summed E-state index contributed by atoms with van der Waals surface area (Å²) in [5.74, 6) is -1.45. The molecule has 1 unspecified atom stereocenters. The topological polar surface area (TPSA) is 113 Å². The van der Waals surface area contributed by atoms with E-state index in [1.54, 1.807) is 0 Å². The smallest absolute Gasteiger partial charge is 0.338 e. The molecule has 1 atom stereocenters. The molecule has 0 aliphatic carbocycles. The highest BCUT2D eigenvalue weighted by atomic mass is 35.5. The molecule has 0 aliphatic heterocycles. The highest BCUT2D eigenvalue weighted by Crippen LogP contribution is 2.31. The second-order valence-corrected chi connectivity index (χ2v) is 6.46. The second kappa shape index (κ2) is 7.39. The van der Waals surface area contributed by atoms with Crippen molar-refractivity contribution in [2.24, 2.45) is 0 Å². The number of aromatic carboxylic acids is 1. The van der Waals surface area contributed by atoms with Crippen LogP contribution in [0.3, 0.4) is 0 Å². The Morgan fingerprint density at radius 3 is 2.52 bits per heavy atom. The third kappa shape index (κ3) is 4.29. The lowest BCUT2D eigenvalue weighted by atomic mass is 10.2. The molecule has 118 valence electrons. The molecule has 0 aromatic heterocycles. The molecule has 1 aromatic carbocycles. The third-order valence-electron chi connectivity index (χ3n) is 2.47. The van der Waals surface area contributed by atoms with Crippen molar-refractivity contribution in [2.75, 3.05) is 20.3 Å². The fourth-order valence-corrected chi connectivity index (χ4v) is 3.68. The van der Waals surface area contributed by atoms with Crippen LogP contribution in [-0.4, -0.2) is 51.0 Å². The van der Waals surface area contributed by atoms with Gasteiger partial charge in [-0.1, -0.05) is 23.2 Å². The van der Waals surface area contributed by atoms with Gasteiger partial charge in [0.2, 0.25) is 10.0 Å². The Hall–Kier alpha value is -0.900. The van der Waals surface area contributed by atoms with E-state index in [1.807, 2.05) is 0 Å². The van der Waals surface area contributed by atoms with E-state index in [-0.39, 0.29) is 11.6 Å². The fraction of sp³-hybridized carbons (Fsp3) is 0.364. The molecule has 3 N–H and O–H groups in total. The minimum atomic E-state index is -4.14. The Labute approximate surface area is 131 Å². The average Bonchev–Trinajstić information content (AvgIpc) is 2.37. The quantitative estimate of drug-likeness (QED) is 0.670. The van der Waals surface area contributed by atoms with Gasteiger partial charge in [-0.3, -0.25) is 0 Å². The molecule has 21 heavy (non-hydrogen) atoms. The van der Waals surface area contributed by atoms with E-state index in [9.17, 15) is 13.2 Å². The molecule has 0 aliphatic rings. The number of halogens is 2. The van der Waals surface area contributed by atoms with Crippen molar-refractivity contribution in [3.63, 3.8) is 0 Å². The summed E-state index contributed by atoms with van der Waals surface area (Å²) < 4.78 is 31.3. The SMILES string of the molecule is COCC(CO)NS(=O)(=O)c1ccc(Cl)c(C(=O)O)c1Cl. The number of carboxylic acids is 1. The summed E-state index contributed by atoms with van der Waals surface area (Å²) in [6.45, 7) is -0.559. The molecule has 7 nitrogen and oxygen atoms in total. The molecule has 0 heterocycles. The summed E-state index contributed by atoms with van der Waals surface area (Å²) in [7, 11) is -2.80. The van der Waals surface area contributed by atoms with Crippen LogP contribution in [-0.2, 0) is 14.8 Å². The monoisotopic (exact) mass is 357 g/mol. The predicted octanol–water partition coefficient (Wildman–Crippen LogP) is 0.977. The van der Waals surface area contributed by atoms with Crippen molar-refractivity contribution in [1.82, 2.24) is 4.72 Å². The van der Waals surface area contributed by atoms with Gasteiger partial charge >= 0.3 is 5.97 Å². The van der Waals surface area contributed by atoms with Crippen molar-refractivity contribution < 1.29 is 28.2 Å². The lowest BCUT2D eigenvalue weighted by Gasteiger charge is -2.16. The first-order chi connectivity index (χ1) is 9.74. The minimum Gasteiger partial charge on any atom is -0.478 e. The van der Waals surface area contributed by atoms with Crippen LogP contribution in [0.5, 0.6) is 0 Å². The van der Waals surface area contributed by atoms with Gasteiger partial charge in [-0.2, -0.15) is 0 Å². The normalized spacial score (nSPS) is 13.1. The largest absolute Gasteiger partial charge is 0.478 e. The lowest BCUT2D eigenvalue weighted by Crippen LogP contribution is -2.40. The van der Waals surface area contributed by atoms with Gasteiger partial charge < -0.3 is 14.9 Å². The number of methoxy groups -OCH3 is 1. The molecule has 0 spiro atoms. The Balaban J connectivity index is 3.26. The van der Waals surface area contributed by atoms with Crippen molar-refractivity contribution in [1.29, 1.82) is 0 Å². The van der Waals surface area contributed by atoms with Gasteiger partial charge in [-0.15, -0.1) is 0 Å². The standard InChI is InChI=1S/C11H13Cl2NO6S/c1-20-5-6(4-15)14-21(18,19)8-3-2-7(12)9(10(8)13)11(16)17/h2-3,6,14-15H,4-5H2,1H3,(H,16,17). The molecule has 0 bridgehead atoms. The van der Waals surface area contributed by atoms with E-state index in [0.717, 1.165) is 12.1 Å². The first kappa shape index (κ1) is 18.1. The fourth-order valence-electron chi connectivity index (χ4n) is 1.55. The zero-order valence-electron chi connectivity index (χ0n) is 10.8. The molecule has 10 heteroatoms. The van der Waals surface area contributed by atoms with Crippen molar-refractivity contribution in [3.05, 3.63) is 27.7 Å². The summed E-state index contributed by atoms with van der Waals surface area (Å²) >= 11 is 11.5. The number of aliphatic hydroxyl groups excluding tert-OH is 1. The van der Waals surface area contributed by atoms with E-state index < -0.39 is 44.1 Å². The summed E-state index contributed by atoms with van der Waals surface area (Å²) in [6, 6.07) is 1.32. The van der Waals surface area contributed by atoms with E-state index in [1.165, 1.54) is 7.11 Å². The summed E-state index contributed by atoms with van der Waals surface area (Å²) in [4.78, 5) is 10.6. The van der Waals surface area contributed by atoms with E-state index in [0.29, 0.717) is 0 Å². The Bertz CT molecular complexity index is 634. The maximum Gasteiger partial charge on any atom is 0.338 e. The predicted molar refractivity (Wildman–Crippen MR) is 76.5 cm³/mol. The number of nitrogens with one attached hydrogen (secondary N) is 1. The van der Waals surface area contributed by atoms with Gasteiger partial charge in [-0.25, -0.2) is 17.9 Å². The van der Waals surface area contributed by atoms with Crippen LogP contribution in [0, 0.1) is 0 Å². The van der Waals surface area contributed by atoms with Crippen molar-refractivity contribution in [2.45, 2.75) is 10.9 Å². The van der Waals surface area contributed by atoms with E-state index in [2.05, 4.69) is 4.72 Å². The second-order valence-electron chi connectivity index (χ2n) is 4.00. The van der Waals surface area contributed by atoms with Crippen LogP contribution < -0.4 is 4.72 Å². The maximum atomic E-state index is 12.2. The molecule has 0 saturated carbocycles. The van der Waals surface area contributed by atoms with Crippen molar-refractivity contribution in [3.8, 4) is 0 Å². The molecule has 0 amide bonds. The zero-order chi connectivity index (χ0) is 16.2. The Morgan fingerprint density at radius 2 is 2.05 bits per heavy atom. The number of carbonyl (C=O) groups is 1. The average molecular weight is 358 g/mol. The van der Waals surface area contributed by atoms with Crippen LogP contribution in [0.25, 0.3) is 0 Å². The highest BCUT2D eigenvalue weighted by Gasteiger charge is 2.26. The van der Waals surface area contributed by atoms with Crippen molar-refractivity contribution >= 4 is 39.2 Å². The van der Waals surface area contributed by atoms with Crippen LogP contribution in [0.4, 0.5) is 0 Å². The Morgan fingerprint density at radius 1 is 1.43 bits per heavy atom. The number of hydrogen-bond acceptors (Lipinski definition) is 5. The van der Waals surface area contributed by atoms with Gasteiger partial charge in [0, 0.05) is 7.11 Å². The molecular formula is C11H13Cl2NO6S. The van der Waals surface area contributed by atoms with Crippen LogP contribution in [0.1, 0.15) is 10.4 Å². The third-order valence-corrected chi connectivity index (χ3v) is 4.85. The zero-order valence-corrected chi connectivity index (χ0v) is 13.2. The minimum absolute atomic E-state index is 0.0628. The molecule has 0 saturated heterocycles. The summed E-state index contributed by atoms with van der Waals surface area (Å²) in [5.41, 5.74) is -0.506. The van der Waals surface area contributed by atoms with Gasteiger partial charge in [0.15, 0.2) is 0 Å². The first-order valence-corrected chi connectivity index (χ1v) is 7.82. The van der Waals surface area contributed by atoms with Gasteiger partial charge in [0.05, 0.1) is 34.9 Å². The Kier molecular flexibility index (Phi) is 6.39. The molecule has 1 aromatic rings. The van der Waals surface area contributed by atoms with Crippen LogP contribution in [0.15, 0.2) is 17.0 Å². The number of aliphatic hydroxyl groups is 1. The number of rotatable bonds is 7. The van der Waals surface area contributed by atoms with Gasteiger partial charge in [-0.05, 0) is 12.1 Å². The number of hydrogen-bond donors (Lipinski definition) is 3. The lowest BCUT2D eigenvalue weighted by molar-refractivity contribution is 0.0697. The van der Waals surface area contributed by atoms with Crippen LogP contribution in [0.2, 0.25) is 10.0 Å². The maximum absolute atomic E-state index is 12.2. The number of carboxylic acid groups (broad SMARTS) is 1.